The monoisotopic (exact) mass is 406 g/mol. The minimum absolute atomic E-state index is 0.103. The normalized spacial score (nSPS) is 15.6. The highest BCUT2D eigenvalue weighted by Crippen LogP contribution is 2.40. The van der Waals surface area contributed by atoms with Gasteiger partial charge in [-0.15, -0.1) is 0 Å². The molecule has 0 aromatic carbocycles. The van der Waals surface area contributed by atoms with Crippen LogP contribution in [0.4, 0.5) is 13.2 Å². The summed E-state index contributed by atoms with van der Waals surface area (Å²) in [5.41, 5.74) is 1.17. The first kappa shape index (κ1) is 19.4. The molecule has 3 aromatic heterocycles. The van der Waals surface area contributed by atoms with Gasteiger partial charge in [0, 0.05) is 37.9 Å². The van der Waals surface area contributed by atoms with Crippen LogP contribution in [-0.4, -0.2) is 37.0 Å². The Balaban J connectivity index is 1.44. The fourth-order valence-electron chi connectivity index (χ4n) is 3.27. The number of pyridine rings is 1. The molecule has 1 fully saturated rings. The number of alkyl halides is 3. The molecule has 1 N–H and O–H groups in total. The Hall–Kier alpha value is -2.91. The van der Waals surface area contributed by atoms with E-state index in [0.717, 1.165) is 24.6 Å². The van der Waals surface area contributed by atoms with Crippen molar-refractivity contribution in [3.63, 3.8) is 0 Å². The van der Waals surface area contributed by atoms with Gasteiger partial charge in [-0.3, -0.25) is 14.2 Å². The van der Waals surface area contributed by atoms with Crippen molar-refractivity contribution in [3.8, 4) is 0 Å². The van der Waals surface area contributed by atoms with E-state index in [1.165, 1.54) is 10.9 Å². The Morgan fingerprint density at radius 2 is 2.14 bits per heavy atom. The molecule has 1 atom stereocenters. The Kier molecular flexibility index (Phi) is 4.79. The van der Waals surface area contributed by atoms with Crippen LogP contribution < -0.4 is 5.32 Å². The molecule has 3 heterocycles. The van der Waals surface area contributed by atoms with Crippen LogP contribution in [0.25, 0.3) is 11.0 Å². The van der Waals surface area contributed by atoms with E-state index in [0.29, 0.717) is 29.1 Å². The second kappa shape index (κ2) is 7.16. The van der Waals surface area contributed by atoms with Crippen LogP contribution in [-0.2, 0) is 19.8 Å². The summed E-state index contributed by atoms with van der Waals surface area (Å²) >= 11 is 0. The molecular formula is C19H21F3N6O. The summed E-state index contributed by atoms with van der Waals surface area (Å²) < 4.78 is 40.9. The third kappa shape index (κ3) is 4.10. The summed E-state index contributed by atoms with van der Waals surface area (Å²) in [6, 6.07) is 2.77. The first-order valence-corrected chi connectivity index (χ1v) is 9.44. The van der Waals surface area contributed by atoms with Gasteiger partial charge in [0.15, 0.2) is 11.3 Å². The fourth-order valence-corrected chi connectivity index (χ4v) is 3.27. The molecule has 1 saturated carbocycles. The highest BCUT2D eigenvalue weighted by molar-refractivity contribution is 6.05. The van der Waals surface area contributed by atoms with Gasteiger partial charge < -0.3 is 5.32 Å². The van der Waals surface area contributed by atoms with E-state index < -0.39 is 11.9 Å². The number of aryl methyl sites for hydroxylation is 1. The zero-order valence-corrected chi connectivity index (χ0v) is 16.1. The number of fused-ring (bicyclic) bond motifs is 1. The predicted molar refractivity (Wildman–Crippen MR) is 99.2 cm³/mol. The second-order valence-corrected chi connectivity index (χ2v) is 7.61. The Morgan fingerprint density at radius 3 is 2.79 bits per heavy atom. The molecule has 0 saturated heterocycles. The van der Waals surface area contributed by atoms with Crippen LogP contribution in [0.1, 0.15) is 47.4 Å². The number of rotatable bonds is 6. The van der Waals surface area contributed by atoms with E-state index >= 15 is 0 Å². The van der Waals surface area contributed by atoms with E-state index in [9.17, 15) is 18.0 Å². The number of nitrogens with one attached hydrogen (secondary N) is 1. The summed E-state index contributed by atoms with van der Waals surface area (Å²) in [6.07, 6.45) is 0.597. The third-order valence-electron chi connectivity index (χ3n) is 5.01. The quantitative estimate of drug-likeness (QED) is 0.682. The number of hydrogen-bond donors (Lipinski definition) is 1. The van der Waals surface area contributed by atoms with Gasteiger partial charge in [-0.1, -0.05) is 6.92 Å². The average Bonchev–Trinajstić information content (AvgIpc) is 3.30. The number of amides is 1. The van der Waals surface area contributed by atoms with Crippen LogP contribution >= 0.6 is 0 Å². The molecule has 1 unspecified atom stereocenters. The smallest absolute Gasteiger partial charge is 0.352 e. The highest BCUT2D eigenvalue weighted by Gasteiger charge is 2.33. The number of carbonyl (C=O) groups is 1. The number of carbonyl (C=O) groups excluding carboxylic acids is 1. The molecule has 10 heteroatoms. The molecule has 1 aliphatic carbocycles. The van der Waals surface area contributed by atoms with Gasteiger partial charge in [0.1, 0.15) is 0 Å². The first-order chi connectivity index (χ1) is 13.7. The maximum absolute atomic E-state index is 12.8. The summed E-state index contributed by atoms with van der Waals surface area (Å²) in [6.45, 7) is 2.42. The largest absolute Gasteiger partial charge is 0.435 e. The first-order valence-electron chi connectivity index (χ1n) is 9.44. The van der Waals surface area contributed by atoms with E-state index in [1.807, 2.05) is 13.0 Å². The average molecular weight is 406 g/mol. The minimum Gasteiger partial charge on any atom is -0.352 e. The molecule has 29 heavy (non-hydrogen) atoms. The van der Waals surface area contributed by atoms with E-state index in [-0.39, 0.29) is 18.4 Å². The summed E-state index contributed by atoms with van der Waals surface area (Å²) in [7, 11) is 1.79. The molecule has 7 nitrogen and oxygen atoms in total. The molecule has 0 bridgehead atoms. The van der Waals surface area contributed by atoms with E-state index in [2.05, 4.69) is 20.5 Å². The van der Waals surface area contributed by atoms with Crippen molar-refractivity contribution < 1.29 is 18.0 Å². The van der Waals surface area contributed by atoms with Crippen LogP contribution in [0.2, 0.25) is 0 Å². The van der Waals surface area contributed by atoms with Crippen molar-refractivity contribution in [2.45, 2.75) is 38.4 Å². The molecular weight excluding hydrogens is 385 g/mol. The van der Waals surface area contributed by atoms with Gasteiger partial charge >= 0.3 is 6.18 Å². The van der Waals surface area contributed by atoms with Gasteiger partial charge in [0.25, 0.3) is 5.91 Å². The minimum atomic E-state index is -4.46. The lowest BCUT2D eigenvalue weighted by atomic mass is 10.1. The maximum atomic E-state index is 12.8. The standard InChI is InChI=1S/C19H21F3N6O/c1-11(10-28-6-5-16(26-28)19(20,21)22)8-23-18(29)13-7-15(12-3-4-12)25-17-14(13)9-24-27(17)2/h5-7,9,11-12H,3-4,8,10H2,1-2H3,(H,23,29). The Morgan fingerprint density at radius 1 is 1.38 bits per heavy atom. The van der Waals surface area contributed by atoms with E-state index in [4.69, 9.17) is 0 Å². The second-order valence-electron chi connectivity index (χ2n) is 7.61. The highest BCUT2D eigenvalue weighted by atomic mass is 19.4. The Bertz CT molecular complexity index is 1050. The van der Waals surface area contributed by atoms with Crippen molar-refractivity contribution in [2.24, 2.45) is 13.0 Å². The molecule has 1 amide bonds. The SMILES string of the molecule is CC(CNC(=O)c1cc(C2CC2)nc2c1cnn2C)Cn1ccc(C(F)(F)F)n1. The van der Waals surface area contributed by atoms with Crippen LogP contribution in [0.3, 0.4) is 0 Å². The molecule has 3 aromatic rings. The molecule has 0 spiro atoms. The van der Waals surface area contributed by atoms with Crippen molar-refractivity contribution in [2.75, 3.05) is 6.54 Å². The number of halogens is 3. The summed E-state index contributed by atoms with van der Waals surface area (Å²) in [5.74, 6) is 0.0482. The molecule has 4 rings (SSSR count). The topological polar surface area (TPSA) is 77.6 Å². The molecule has 1 aliphatic rings. The van der Waals surface area contributed by atoms with Crippen molar-refractivity contribution in [1.82, 2.24) is 29.9 Å². The summed E-state index contributed by atoms with van der Waals surface area (Å²) in [4.78, 5) is 17.4. The van der Waals surface area contributed by atoms with Crippen LogP contribution in [0.5, 0.6) is 0 Å². The molecule has 154 valence electrons. The van der Waals surface area contributed by atoms with E-state index in [1.54, 1.807) is 17.9 Å². The van der Waals surface area contributed by atoms with Gasteiger partial charge in [-0.25, -0.2) is 4.98 Å². The van der Waals surface area contributed by atoms with Gasteiger partial charge in [-0.2, -0.15) is 23.4 Å². The fraction of sp³-hybridized carbons (Fsp3) is 0.474. The zero-order valence-electron chi connectivity index (χ0n) is 16.1. The van der Waals surface area contributed by atoms with Gasteiger partial charge in [-0.05, 0) is 30.9 Å². The number of nitrogens with zero attached hydrogens (tertiary/aromatic N) is 5. The van der Waals surface area contributed by atoms with Crippen molar-refractivity contribution in [1.29, 1.82) is 0 Å². The van der Waals surface area contributed by atoms with Gasteiger partial charge in [0.2, 0.25) is 0 Å². The lowest BCUT2D eigenvalue weighted by molar-refractivity contribution is -0.141. The Labute approximate surface area is 164 Å². The number of aromatic nitrogens is 5. The molecule has 0 aliphatic heterocycles. The predicted octanol–water partition coefficient (Wildman–Crippen LogP) is 3.13. The lowest BCUT2D eigenvalue weighted by Crippen LogP contribution is -2.30. The lowest BCUT2D eigenvalue weighted by Gasteiger charge is -2.14. The van der Waals surface area contributed by atoms with Crippen LogP contribution in [0.15, 0.2) is 24.5 Å². The summed E-state index contributed by atoms with van der Waals surface area (Å²) in [5, 5.41) is 11.3. The van der Waals surface area contributed by atoms with Crippen molar-refractivity contribution in [3.05, 3.63) is 41.5 Å². The zero-order chi connectivity index (χ0) is 20.8. The third-order valence-corrected chi connectivity index (χ3v) is 5.01. The molecule has 0 radical (unpaired) electrons. The van der Waals surface area contributed by atoms with Crippen LogP contribution in [0, 0.1) is 5.92 Å². The van der Waals surface area contributed by atoms with Crippen molar-refractivity contribution >= 4 is 16.9 Å². The number of hydrogen-bond acceptors (Lipinski definition) is 4. The van der Waals surface area contributed by atoms with Gasteiger partial charge in [0.05, 0.1) is 17.1 Å². The maximum Gasteiger partial charge on any atom is 0.435 e.